The van der Waals surface area contributed by atoms with Gasteiger partial charge in [0.2, 0.25) is 0 Å². The van der Waals surface area contributed by atoms with Crippen molar-refractivity contribution in [2.75, 3.05) is 25.5 Å². The minimum atomic E-state index is -4.66. The van der Waals surface area contributed by atoms with Gasteiger partial charge in [-0.1, -0.05) is 6.07 Å². The number of aromatic nitrogens is 3. The van der Waals surface area contributed by atoms with Gasteiger partial charge < -0.3 is 15.3 Å². The van der Waals surface area contributed by atoms with Gasteiger partial charge in [-0.25, -0.2) is 4.98 Å². The first kappa shape index (κ1) is 21.3. The fourth-order valence-electron chi connectivity index (χ4n) is 3.63. The van der Waals surface area contributed by atoms with Crippen LogP contribution in [-0.4, -0.2) is 50.8 Å². The smallest absolute Gasteiger partial charge is 0.386 e. The number of carbonyl (C=O) groups is 1. The van der Waals surface area contributed by atoms with Crippen LogP contribution in [0, 0.1) is 0 Å². The standard InChI is InChI=1S/C21H22F3N5O2/c1-20(2,31)14-8-16-12(9-29(27-16)13-10-28(3)11-13)7-17(14)26-19(30)15-5-4-6-18(25-15)21(22,23)24/h4-9,13,31H,10-11H2,1-3H3,(H,26,30). The molecule has 7 nitrogen and oxygen atoms in total. The van der Waals surface area contributed by atoms with E-state index >= 15 is 0 Å². The van der Waals surface area contributed by atoms with E-state index < -0.39 is 23.4 Å². The van der Waals surface area contributed by atoms with Gasteiger partial charge in [0.25, 0.3) is 5.91 Å². The van der Waals surface area contributed by atoms with Crippen LogP contribution in [0.15, 0.2) is 36.5 Å². The summed E-state index contributed by atoms with van der Waals surface area (Å²) in [5.41, 5.74) is -1.50. The number of nitrogens with zero attached hydrogens (tertiary/aromatic N) is 4. The number of pyridine rings is 1. The molecule has 0 bridgehead atoms. The summed E-state index contributed by atoms with van der Waals surface area (Å²) >= 11 is 0. The highest BCUT2D eigenvalue weighted by molar-refractivity contribution is 6.04. The van der Waals surface area contributed by atoms with Gasteiger partial charge in [-0.3, -0.25) is 9.48 Å². The van der Waals surface area contributed by atoms with Crippen LogP contribution >= 0.6 is 0 Å². The Morgan fingerprint density at radius 2 is 1.94 bits per heavy atom. The number of rotatable bonds is 4. The van der Waals surface area contributed by atoms with Crippen LogP contribution in [0.3, 0.4) is 0 Å². The first-order valence-electron chi connectivity index (χ1n) is 9.72. The van der Waals surface area contributed by atoms with Crippen molar-refractivity contribution >= 4 is 22.5 Å². The molecule has 0 radical (unpaired) electrons. The number of anilines is 1. The number of likely N-dealkylation sites (tertiary alicyclic amines) is 1. The monoisotopic (exact) mass is 433 g/mol. The molecular weight excluding hydrogens is 411 g/mol. The molecule has 2 aromatic heterocycles. The van der Waals surface area contributed by atoms with Gasteiger partial charge in [0, 0.05) is 35.9 Å². The molecule has 2 N–H and O–H groups in total. The van der Waals surface area contributed by atoms with Crippen molar-refractivity contribution < 1.29 is 23.1 Å². The average Bonchev–Trinajstić information content (AvgIpc) is 3.06. The van der Waals surface area contributed by atoms with Crippen LogP contribution in [0.5, 0.6) is 0 Å². The van der Waals surface area contributed by atoms with E-state index in [1.165, 1.54) is 6.07 Å². The molecule has 4 rings (SSSR count). The minimum absolute atomic E-state index is 0.246. The highest BCUT2D eigenvalue weighted by Crippen LogP contribution is 2.33. The Morgan fingerprint density at radius 3 is 2.55 bits per heavy atom. The number of hydrogen-bond donors (Lipinski definition) is 2. The molecule has 0 atom stereocenters. The van der Waals surface area contributed by atoms with Crippen LogP contribution in [0.4, 0.5) is 18.9 Å². The molecule has 1 amide bonds. The summed E-state index contributed by atoms with van der Waals surface area (Å²) in [6.45, 7) is 4.86. The molecule has 0 spiro atoms. The molecule has 1 aromatic carbocycles. The number of carbonyl (C=O) groups excluding carboxylic acids is 1. The summed E-state index contributed by atoms with van der Waals surface area (Å²) in [6, 6.07) is 6.74. The first-order chi connectivity index (χ1) is 14.4. The van der Waals surface area contributed by atoms with Crippen molar-refractivity contribution in [2.24, 2.45) is 0 Å². The summed E-state index contributed by atoms with van der Waals surface area (Å²) in [5.74, 6) is -0.802. The van der Waals surface area contributed by atoms with Gasteiger partial charge in [-0.15, -0.1) is 0 Å². The Morgan fingerprint density at radius 1 is 1.23 bits per heavy atom. The SMILES string of the molecule is CN1CC(n2cc3cc(NC(=O)c4cccc(C(F)(F)F)n4)c(C(C)(C)O)cc3n2)C1. The van der Waals surface area contributed by atoms with Crippen LogP contribution in [-0.2, 0) is 11.8 Å². The van der Waals surface area contributed by atoms with Crippen LogP contribution < -0.4 is 5.32 Å². The number of benzene rings is 1. The molecule has 1 aliphatic rings. The summed E-state index contributed by atoms with van der Waals surface area (Å²) in [5, 5.41) is 18.6. The van der Waals surface area contributed by atoms with E-state index in [-0.39, 0.29) is 17.4 Å². The maximum absolute atomic E-state index is 12.9. The highest BCUT2D eigenvalue weighted by Gasteiger charge is 2.33. The number of amides is 1. The van der Waals surface area contributed by atoms with Crippen molar-refractivity contribution in [3.8, 4) is 0 Å². The van der Waals surface area contributed by atoms with E-state index in [1.807, 2.05) is 17.9 Å². The number of alkyl halides is 3. The van der Waals surface area contributed by atoms with Gasteiger partial charge in [-0.2, -0.15) is 18.3 Å². The number of aliphatic hydroxyl groups is 1. The summed E-state index contributed by atoms with van der Waals surface area (Å²) in [6.07, 6.45) is -2.79. The zero-order chi connectivity index (χ0) is 22.6. The lowest BCUT2D eigenvalue weighted by Crippen LogP contribution is -2.45. The number of nitrogens with one attached hydrogen (secondary N) is 1. The number of halogens is 3. The molecule has 0 saturated carbocycles. The lowest BCUT2D eigenvalue weighted by Gasteiger charge is -2.36. The molecule has 3 heterocycles. The molecule has 1 aliphatic heterocycles. The van der Waals surface area contributed by atoms with Crippen LogP contribution in [0.25, 0.3) is 10.9 Å². The summed E-state index contributed by atoms with van der Waals surface area (Å²) < 4.78 is 40.7. The lowest BCUT2D eigenvalue weighted by molar-refractivity contribution is -0.141. The second-order valence-electron chi connectivity index (χ2n) is 8.36. The quantitative estimate of drug-likeness (QED) is 0.659. The van der Waals surface area contributed by atoms with Gasteiger partial charge >= 0.3 is 6.18 Å². The molecule has 10 heteroatoms. The Bertz CT molecular complexity index is 1140. The summed E-state index contributed by atoms with van der Waals surface area (Å²) in [7, 11) is 2.02. The Balaban J connectivity index is 1.69. The molecule has 1 saturated heterocycles. The zero-order valence-corrected chi connectivity index (χ0v) is 17.2. The van der Waals surface area contributed by atoms with Crippen molar-refractivity contribution in [3.63, 3.8) is 0 Å². The molecule has 3 aromatic rings. The maximum Gasteiger partial charge on any atom is 0.433 e. The van der Waals surface area contributed by atoms with Crippen molar-refractivity contribution in [1.82, 2.24) is 19.7 Å². The normalized spacial score (nSPS) is 15.8. The third-order valence-corrected chi connectivity index (χ3v) is 5.26. The third-order valence-electron chi connectivity index (χ3n) is 5.26. The predicted octanol–water partition coefficient (Wildman–Crippen LogP) is 3.42. The fraction of sp³-hybridized carbons (Fsp3) is 0.381. The fourth-order valence-corrected chi connectivity index (χ4v) is 3.63. The van der Waals surface area contributed by atoms with Crippen molar-refractivity contribution in [2.45, 2.75) is 31.7 Å². The highest BCUT2D eigenvalue weighted by atomic mass is 19.4. The molecule has 1 fully saturated rings. The van der Waals surface area contributed by atoms with Gasteiger partial charge in [0.05, 0.1) is 17.2 Å². The van der Waals surface area contributed by atoms with Crippen LogP contribution in [0.2, 0.25) is 0 Å². The van der Waals surface area contributed by atoms with Gasteiger partial charge in [-0.05, 0) is 45.2 Å². The van der Waals surface area contributed by atoms with E-state index in [4.69, 9.17) is 0 Å². The number of hydrogen-bond acceptors (Lipinski definition) is 5. The molecular formula is C21H22F3N5O2. The van der Waals surface area contributed by atoms with Crippen molar-refractivity contribution in [3.05, 3.63) is 53.5 Å². The zero-order valence-electron chi connectivity index (χ0n) is 17.2. The largest absolute Gasteiger partial charge is 0.433 e. The predicted molar refractivity (Wildman–Crippen MR) is 109 cm³/mol. The van der Waals surface area contributed by atoms with Gasteiger partial charge in [0.1, 0.15) is 11.4 Å². The average molecular weight is 433 g/mol. The summed E-state index contributed by atoms with van der Waals surface area (Å²) in [4.78, 5) is 18.3. The lowest BCUT2D eigenvalue weighted by atomic mass is 9.95. The Labute approximate surface area is 176 Å². The van der Waals surface area contributed by atoms with E-state index in [0.29, 0.717) is 11.1 Å². The molecule has 0 unspecified atom stereocenters. The van der Waals surface area contributed by atoms with Gasteiger partial charge in [0.15, 0.2) is 0 Å². The number of fused-ring (bicyclic) bond motifs is 1. The molecule has 164 valence electrons. The van der Waals surface area contributed by atoms with E-state index in [2.05, 4.69) is 20.3 Å². The minimum Gasteiger partial charge on any atom is -0.386 e. The third kappa shape index (κ3) is 4.26. The Kier molecular flexibility index (Phi) is 5.01. The molecule has 31 heavy (non-hydrogen) atoms. The maximum atomic E-state index is 12.9. The topological polar surface area (TPSA) is 83.3 Å². The Hall–Kier alpha value is -2.98. The van der Waals surface area contributed by atoms with Crippen molar-refractivity contribution in [1.29, 1.82) is 0 Å². The van der Waals surface area contributed by atoms with E-state index in [1.54, 1.807) is 26.0 Å². The molecule has 0 aliphatic carbocycles. The second kappa shape index (κ2) is 7.31. The second-order valence-corrected chi connectivity index (χ2v) is 8.36. The number of likely N-dealkylation sites (N-methyl/N-ethyl adjacent to an activating group) is 1. The van der Waals surface area contributed by atoms with E-state index in [0.717, 1.165) is 30.6 Å². The first-order valence-corrected chi connectivity index (χ1v) is 9.72. The van der Waals surface area contributed by atoms with E-state index in [9.17, 15) is 23.1 Å². The van der Waals surface area contributed by atoms with Crippen LogP contribution in [0.1, 0.15) is 41.6 Å².